The van der Waals surface area contributed by atoms with Crippen LogP contribution in [0.2, 0.25) is 0 Å². The Bertz CT molecular complexity index is 488. The minimum absolute atomic E-state index is 0.00490. The highest BCUT2D eigenvalue weighted by Crippen LogP contribution is 2.07. The van der Waals surface area contributed by atoms with Gasteiger partial charge in [0.1, 0.15) is 5.82 Å². The first kappa shape index (κ1) is 15.6. The zero-order valence-electron chi connectivity index (χ0n) is 10.7. The molecule has 0 atom stereocenters. The van der Waals surface area contributed by atoms with E-state index >= 15 is 0 Å². The molecule has 3 amide bonds. The zero-order valence-corrected chi connectivity index (χ0v) is 10.7. The average molecular weight is 282 g/mol. The molecule has 20 heavy (non-hydrogen) atoms. The van der Waals surface area contributed by atoms with E-state index in [1.165, 1.54) is 24.3 Å². The van der Waals surface area contributed by atoms with Gasteiger partial charge in [0.15, 0.2) is 0 Å². The molecule has 0 aliphatic carbocycles. The molecule has 0 saturated heterocycles. The third-order valence-corrected chi connectivity index (χ3v) is 2.40. The van der Waals surface area contributed by atoms with E-state index in [4.69, 9.17) is 5.11 Å². The average Bonchev–Trinajstić information content (AvgIpc) is 2.37. The van der Waals surface area contributed by atoms with E-state index in [1.807, 2.05) is 0 Å². The van der Waals surface area contributed by atoms with Crippen molar-refractivity contribution in [3.05, 3.63) is 30.1 Å². The van der Waals surface area contributed by atoms with Crippen LogP contribution in [0.1, 0.15) is 25.7 Å². The number of aliphatic carboxylic acids is 1. The SMILES string of the molecule is O=C(O)CCCCC(=O)NC(=O)Nc1ccc(F)cc1. The van der Waals surface area contributed by atoms with Gasteiger partial charge >= 0.3 is 12.0 Å². The van der Waals surface area contributed by atoms with Gasteiger partial charge in [0.25, 0.3) is 0 Å². The normalized spacial score (nSPS) is 9.85. The van der Waals surface area contributed by atoms with Gasteiger partial charge in [-0.05, 0) is 37.1 Å². The standard InChI is InChI=1S/C13H15FN2O4/c14-9-5-7-10(8-6-9)15-13(20)16-11(17)3-1-2-4-12(18)19/h5-8H,1-4H2,(H,18,19)(H2,15,16,17,20). The van der Waals surface area contributed by atoms with Crippen molar-refractivity contribution in [3.8, 4) is 0 Å². The van der Waals surface area contributed by atoms with Crippen LogP contribution in [0.15, 0.2) is 24.3 Å². The number of carbonyl (C=O) groups is 3. The molecular formula is C13H15FN2O4. The maximum absolute atomic E-state index is 12.6. The number of halogens is 1. The third-order valence-electron chi connectivity index (χ3n) is 2.40. The van der Waals surface area contributed by atoms with Crippen molar-refractivity contribution in [2.24, 2.45) is 0 Å². The number of imide groups is 1. The number of anilines is 1. The molecule has 1 aromatic carbocycles. The topological polar surface area (TPSA) is 95.5 Å². The van der Waals surface area contributed by atoms with Gasteiger partial charge in [-0.2, -0.15) is 0 Å². The highest BCUT2D eigenvalue weighted by molar-refractivity contribution is 6.01. The van der Waals surface area contributed by atoms with E-state index in [9.17, 15) is 18.8 Å². The molecule has 7 heteroatoms. The zero-order chi connectivity index (χ0) is 15.0. The van der Waals surface area contributed by atoms with Crippen LogP contribution in [0.5, 0.6) is 0 Å². The van der Waals surface area contributed by atoms with Gasteiger partial charge in [0.05, 0.1) is 0 Å². The van der Waals surface area contributed by atoms with E-state index in [0.717, 1.165) is 0 Å². The molecule has 1 aromatic rings. The number of carboxylic acids is 1. The molecule has 0 saturated carbocycles. The van der Waals surface area contributed by atoms with E-state index in [-0.39, 0.29) is 12.8 Å². The Morgan fingerprint density at radius 2 is 1.65 bits per heavy atom. The quantitative estimate of drug-likeness (QED) is 0.696. The van der Waals surface area contributed by atoms with E-state index < -0.39 is 23.7 Å². The van der Waals surface area contributed by atoms with Gasteiger partial charge in [0.2, 0.25) is 5.91 Å². The molecule has 0 unspecified atom stereocenters. The first-order chi connectivity index (χ1) is 9.47. The smallest absolute Gasteiger partial charge is 0.325 e. The minimum atomic E-state index is -0.917. The van der Waals surface area contributed by atoms with Crippen molar-refractivity contribution < 1.29 is 23.9 Å². The maximum atomic E-state index is 12.6. The molecule has 0 heterocycles. The predicted molar refractivity (Wildman–Crippen MR) is 69.7 cm³/mol. The Morgan fingerprint density at radius 1 is 1.05 bits per heavy atom. The molecule has 0 aromatic heterocycles. The molecule has 0 aliphatic heterocycles. The van der Waals surface area contributed by atoms with Crippen LogP contribution in [-0.2, 0) is 9.59 Å². The van der Waals surface area contributed by atoms with Crippen LogP contribution in [0.3, 0.4) is 0 Å². The van der Waals surface area contributed by atoms with Crippen molar-refractivity contribution in [1.82, 2.24) is 5.32 Å². The molecule has 6 nitrogen and oxygen atoms in total. The second-order valence-electron chi connectivity index (χ2n) is 4.11. The number of carbonyl (C=O) groups excluding carboxylic acids is 2. The number of hydrogen-bond donors (Lipinski definition) is 3. The van der Waals surface area contributed by atoms with Crippen LogP contribution in [0, 0.1) is 5.82 Å². The fourth-order valence-electron chi connectivity index (χ4n) is 1.45. The Balaban J connectivity index is 2.26. The van der Waals surface area contributed by atoms with Gasteiger partial charge in [-0.1, -0.05) is 0 Å². The molecule has 0 fully saturated rings. The Morgan fingerprint density at radius 3 is 2.25 bits per heavy atom. The number of benzene rings is 1. The van der Waals surface area contributed by atoms with Gasteiger partial charge in [-0.25, -0.2) is 9.18 Å². The second kappa shape index (κ2) is 7.88. The fraction of sp³-hybridized carbons (Fsp3) is 0.308. The van der Waals surface area contributed by atoms with Crippen LogP contribution in [0.4, 0.5) is 14.9 Å². The first-order valence-corrected chi connectivity index (χ1v) is 6.05. The highest BCUT2D eigenvalue weighted by Gasteiger charge is 2.08. The van der Waals surface area contributed by atoms with Crippen LogP contribution < -0.4 is 10.6 Å². The van der Waals surface area contributed by atoms with Crippen LogP contribution in [0.25, 0.3) is 0 Å². The van der Waals surface area contributed by atoms with Crippen molar-refractivity contribution >= 4 is 23.6 Å². The number of amides is 3. The molecule has 0 aliphatic rings. The summed E-state index contributed by atoms with van der Waals surface area (Å²) in [5, 5.41) is 12.9. The van der Waals surface area contributed by atoms with Crippen molar-refractivity contribution in [2.75, 3.05) is 5.32 Å². The predicted octanol–water partition coefficient (Wildman–Crippen LogP) is 2.12. The summed E-state index contributed by atoms with van der Waals surface area (Å²) in [6.07, 6.45) is 0.837. The number of nitrogens with one attached hydrogen (secondary N) is 2. The van der Waals surface area contributed by atoms with E-state index in [0.29, 0.717) is 18.5 Å². The molecule has 0 bridgehead atoms. The van der Waals surface area contributed by atoms with Crippen molar-refractivity contribution in [2.45, 2.75) is 25.7 Å². The lowest BCUT2D eigenvalue weighted by Crippen LogP contribution is -2.34. The number of hydrogen-bond acceptors (Lipinski definition) is 3. The number of rotatable bonds is 6. The summed E-state index contributed by atoms with van der Waals surface area (Å²) in [5.41, 5.74) is 0.363. The Labute approximate surface area is 115 Å². The van der Waals surface area contributed by atoms with Gasteiger partial charge in [-0.15, -0.1) is 0 Å². The van der Waals surface area contributed by atoms with Crippen molar-refractivity contribution in [3.63, 3.8) is 0 Å². The fourth-order valence-corrected chi connectivity index (χ4v) is 1.45. The summed E-state index contributed by atoms with van der Waals surface area (Å²) in [7, 11) is 0. The molecule has 3 N–H and O–H groups in total. The van der Waals surface area contributed by atoms with Crippen LogP contribution >= 0.6 is 0 Å². The minimum Gasteiger partial charge on any atom is -0.481 e. The summed E-state index contributed by atoms with van der Waals surface area (Å²) in [4.78, 5) is 33.0. The maximum Gasteiger partial charge on any atom is 0.325 e. The summed E-state index contributed by atoms with van der Waals surface area (Å²) in [6.45, 7) is 0. The highest BCUT2D eigenvalue weighted by atomic mass is 19.1. The van der Waals surface area contributed by atoms with Crippen LogP contribution in [-0.4, -0.2) is 23.0 Å². The number of urea groups is 1. The summed E-state index contributed by atoms with van der Waals surface area (Å²) in [5.74, 6) is -1.83. The molecule has 0 radical (unpaired) electrons. The number of carboxylic acid groups (broad SMARTS) is 1. The second-order valence-corrected chi connectivity index (χ2v) is 4.11. The van der Waals surface area contributed by atoms with Gasteiger partial charge in [0, 0.05) is 18.5 Å². The van der Waals surface area contributed by atoms with E-state index in [1.54, 1.807) is 0 Å². The molecule has 0 spiro atoms. The lowest BCUT2D eigenvalue weighted by molar-refractivity contribution is -0.137. The molecular weight excluding hydrogens is 267 g/mol. The monoisotopic (exact) mass is 282 g/mol. The Hall–Kier alpha value is -2.44. The number of unbranched alkanes of at least 4 members (excludes halogenated alkanes) is 1. The molecule has 108 valence electrons. The molecule has 1 rings (SSSR count). The Kier molecular flexibility index (Phi) is 6.15. The lowest BCUT2D eigenvalue weighted by Gasteiger charge is -2.06. The summed E-state index contributed by atoms with van der Waals surface area (Å²) in [6, 6.07) is 4.39. The third kappa shape index (κ3) is 6.48. The largest absolute Gasteiger partial charge is 0.481 e. The summed E-state index contributed by atoms with van der Waals surface area (Å²) >= 11 is 0. The lowest BCUT2D eigenvalue weighted by atomic mass is 10.2. The first-order valence-electron chi connectivity index (χ1n) is 6.05. The van der Waals surface area contributed by atoms with Crippen molar-refractivity contribution in [1.29, 1.82) is 0 Å². The van der Waals surface area contributed by atoms with Gasteiger partial charge in [-0.3, -0.25) is 14.9 Å². The summed E-state index contributed by atoms with van der Waals surface area (Å²) < 4.78 is 12.6. The van der Waals surface area contributed by atoms with Gasteiger partial charge < -0.3 is 10.4 Å². The van der Waals surface area contributed by atoms with E-state index in [2.05, 4.69) is 10.6 Å².